The van der Waals surface area contributed by atoms with E-state index in [4.69, 9.17) is 14.2 Å². The monoisotopic (exact) mass is 270 g/mol. The minimum Gasteiger partial charge on any atom is -0.504 e. The maximum absolute atomic E-state index is 12.1. The molecule has 0 bridgehead atoms. The SMILES string of the molecule is COc1cc(O)c(O)c(C(=O)OC(C)(C)C)c1OC. The van der Waals surface area contributed by atoms with Crippen LogP contribution in [0.25, 0.3) is 0 Å². The van der Waals surface area contributed by atoms with Gasteiger partial charge in [0.05, 0.1) is 14.2 Å². The molecule has 0 heterocycles. The summed E-state index contributed by atoms with van der Waals surface area (Å²) in [7, 11) is 2.68. The number of ether oxygens (including phenoxy) is 3. The van der Waals surface area contributed by atoms with E-state index in [1.807, 2.05) is 0 Å². The van der Waals surface area contributed by atoms with Gasteiger partial charge in [-0.25, -0.2) is 4.79 Å². The fourth-order valence-electron chi connectivity index (χ4n) is 1.49. The number of carbonyl (C=O) groups is 1. The lowest BCUT2D eigenvalue weighted by molar-refractivity contribution is 0.00624. The van der Waals surface area contributed by atoms with Crippen molar-refractivity contribution in [3.8, 4) is 23.0 Å². The van der Waals surface area contributed by atoms with Gasteiger partial charge >= 0.3 is 5.97 Å². The van der Waals surface area contributed by atoms with E-state index in [9.17, 15) is 15.0 Å². The second kappa shape index (κ2) is 5.26. The molecule has 2 N–H and O–H groups in total. The number of benzene rings is 1. The summed E-state index contributed by atoms with van der Waals surface area (Å²) in [5.41, 5.74) is -1.01. The van der Waals surface area contributed by atoms with Gasteiger partial charge in [0.15, 0.2) is 28.6 Å². The van der Waals surface area contributed by atoms with Crippen LogP contribution in [0.4, 0.5) is 0 Å². The van der Waals surface area contributed by atoms with E-state index in [1.165, 1.54) is 14.2 Å². The summed E-state index contributed by atoms with van der Waals surface area (Å²) < 4.78 is 15.2. The molecule has 0 amide bonds. The summed E-state index contributed by atoms with van der Waals surface area (Å²) in [4.78, 5) is 12.1. The molecule has 0 fully saturated rings. The van der Waals surface area contributed by atoms with Gasteiger partial charge in [0.2, 0.25) is 0 Å². The first-order valence-corrected chi connectivity index (χ1v) is 5.61. The first-order valence-electron chi connectivity index (χ1n) is 5.61. The number of esters is 1. The number of phenolic OH excluding ortho intramolecular Hbond substituents is 2. The van der Waals surface area contributed by atoms with Gasteiger partial charge in [0, 0.05) is 6.07 Å². The van der Waals surface area contributed by atoms with Gasteiger partial charge in [-0.2, -0.15) is 0 Å². The Labute approximate surface area is 111 Å². The normalized spacial score (nSPS) is 11.0. The highest BCUT2D eigenvalue weighted by atomic mass is 16.6. The Morgan fingerprint density at radius 2 is 1.74 bits per heavy atom. The molecule has 0 spiro atoms. The Hall–Kier alpha value is -2.11. The smallest absolute Gasteiger partial charge is 0.346 e. The van der Waals surface area contributed by atoms with E-state index in [1.54, 1.807) is 20.8 Å². The first-order chi connectivity index (χ1) is 8.71. The standard InChI is InChI=1S/C13H18O6/c1-13(2,3)19-12(16)9-10(15)7(14)6-8(17-4)11(9)18-5/h6,14-15H,1-5H3. The molecule has 19 heavy (non-hydrogen) atoms. The van der Waals surface area contributed by atoms with Crippen LogP contribution in [-0.2, 0) is 4.74 Å². The Bertz CT molecular complexity index is 487. The van der Waals surface area contributed by atoms with Crippen molar-refractivity contribution in [2.24, 2.45) is 0 Å². The number of phenols is 2. The van der Waals surface area contributed by atoms with Crippen molar-refractivity contribution in [1.82, 2.24) is 0 Å². The molecule has 0 unspecified atom stereocenters. The zero-order valence-corrected chi connectivity index (χ0v) is 11.6. The van der Waals surface area contributed by atoms with Gasteiger partial charge in [0.1, 0.15) is 5.60 Å². The van der Waals surface area contributed by atoms with E-state index in [0.717, 1.165) is 6.07 Å². The van der Waals surface area contributed by atoms with Crippen LogP contribution in [0.2, 0.25) is 0 Å². The van der Waals surface area contributed by atoms with Gasteiger partial charge in [0.25, 0.3) is 0 Å². The quantitative estimate of drug-likeness (QED) is 0.646. The topological polar surface area (TPSA) is 85.2 Å². The van der Waals surface area contributed by atoms with Gasteiger partial charge < -0.3 is 24.4 Å². The van der Waals surface area contributed by atoms with E-state index < -0.39 is 23.1 Å². The molecule has 6 nitrogen and oxygen atoms in total. The Morgan fingerprint density at radius 1 is 1.16 bits per heavy atom. The molecule has 1 aromatic rings. The third-order valence-electron chi connectivity index (χ3n) is 2.23. The average Bonchev–Trinajstić information content (AvgIpc) is 2.29. The van der Waals surface area contributed by atoms with Crippen LogP contribution in [0.1, 0.15) is 31.1 Å². The fourth-order valence-corrected chi connectivity index (χ4v) is 1.49. The van der Waals surface area contributed by atoms with Crippen LogP contribution >= 0.6 is 0 Å². The lowest BCUT2D eigenvalue weighted by Crippen LogP contribution is -2.24. The van der Waals surface area contributed by atoms with E-state index in [-0.39, 0.29) is 17.1 Å². The summed E-state index contributed by atoms with van der Waals surface area (Å²) in [6.07, 6.45) is 0. The second-order valence-corrected chi connectivity index (χ2v) is 4.86. The number of hydrogen-bond donors (Lipinski definition) is 2. The highest BCUT2D eigenvalue weighted by Gasteiger charge is 2.28. The van der Waals surface area contributed by atoms with Gasteiger partial charge in [-0.15, -0.1) is 0 Å². The largest absolute Gasteiger partial charge is 0.504 e. The number of methoxy groups -OCH3 is 2. The molecular weight excluding hydrogens is 252 g/mol. The minimum atomic E-state index is -0.809. The molecule has 0 aliphatic heterocycles. The summed E-state index contributed by atoms with van der Waals surface area (Å²) in [6, 6.07) is 1.15. The minimum absolute atomic E-state index is 0.00653. The Balaban J connectivity index is 3.39. The van der Waals surface area contributed by atoms with Crippen LogP contribution < -0.4 is 9.47 Å². The summed E-state index contributed by atoms with van der Waals surface area (Å²) in [5.74, 6) is -1.77. The van der Waals surface area contributed by atoms with Crippen molar-refractivity contribution in [1.29, 1.82) is 0 Å². The van der Waals surface area contributed by atoms with E-state index in [0.29, 0.717) is 0 Å². The lowest BCUT2D eigenvalue weighted by Gasteiger charge is -2.21. The van der Waals surface area contributed by atoms with Crippen molar-refractivity contribution in [3.63, 3.8) is 0 Å². The summed E-state index contributed by atoms with van der Waals surface area (Å²) in [5, 5.41) is 19.4. The predicted octanol–water partition coefficient (Wildman–Crippen LogP) is 2.07. The van der Waals surface area contributed by atoms with Gasteiger partial charge in [-0.05, 0) is 20.8 Å². The molecular formula is C13H18O6. The highest BCUT2D eigenvalue weighted by Crippen LogP contribution is 2.43. The van der Waals surface area contributed by atoms with Crippen LogP contribution in [0.15, 0.2) is 6.07 Å². The van der Waals surface area contributed by atoms with Crippen molar-refractivity contribution in [3.05, 3.63) is 11.6 Å². The molecule has 0 saturated carbocycles. The van der Waals surface area contributed by atoms with Gasteiger partial charge in [-0.1, -0.05) is 0 Å². The third-order valence-corrected chi connectivity index (χ3v) is 2.23. The summed E-state index contributed by atoms with van der Waals surface area (Å²) in [6.45, 7) is 5.07. The summed E-state index contributed by atoms with van der Waals surface area (Å²) >= 11 is 0. The molecule has 0 saturated heterocycles. The van der Waals surface area contributed by atoms with E-state index in [2.05, 4.69) is 0 Å². The zero-order chi connectivity index (χ0) is 14.8. The number of aromatic hydroxyl groups is 2. The first kappa shape index (κ1) is 14.9. The number of carbonyl (C=O) groups excluding carboxylic acids is 1. The van der Waals surface area contributed by atoms with Crippen molar-refractivity contribution >= 4 is 5.97 Å². The molecule has 1 rings (SSSR count). The van der Waals surface area contributed by atoms with Crippen molar-refractivity contribution < 1.29 is 29.2 Å². The van der Waals surface area contributed by atoms with E-state index >= 15 is 0 Å². The third kappa shape index (κ3) is 3.21. The molecule has 1 aromatic carbocycles. The van der Waals surface area contributed by atoms with Crippen LogP contribution in [0.5, 0.6) is 23.0 Å². The predicted molar refractivity (Wildman–Crippen MR) is 68.0 cm³/mol. The number of hydrogen-bond acceptors (Lipinski definition) is 6. The molecule has 0 aliphatic rings. The van der Waals surface area contributed by atoms with Crippen LogP contribution in [-0.4, -0.2) is 36.0 Å². The Morgan fingerprint density at radius 3 is 2.16 bits per heavy atom. The van der Waals surface area contributed by atoms with Crippen molar-refractivity contribution in [2.75, 3.05) is 14.2 Å². The van der Waals surface area contributed by atoms with Crippen molar-refractivity contribution in [2.45, 2.75) is 26.4 Å². The second-order valence-electron chi connectivity index (χ2n) is 4.86. The van der Waals surface area contributed by atoms with Crippen LogP contribution in [0, 0.1) is 0 Å². The maximum Gasteiger partial charge on any atom is 0.346 e. The lowest BCUT2D eigenvalue weighted by atomic mass is 10.1. The van der Waals surface area contributed by atoms with Crippen LogP contribution in [0.3, 0.4) is 0 Å². The van der Waals surface area contributed by atoms with Gasteiger partial charge in [-0.3, -0.25) is 0 Å². The molecule has 0 radical (unpaired) electrons. The molecule has 0 aliphatic carbocycles. The molecule has 106 valence electrons. The zero-order valence-electron chi connectivity index (χ0n) is 11.6. The maximum atomic E-state index is 12.1. The Kier molecular flexibility index (Phi) is 4.14. The molecule has 6 heteroatoms. The number of rotatable bonds is 3. The average molecular weight is 270 g/mol. The molecule has 0 atom stereocenters. The fraction of sp³-hybridized carbons (Fsp3) is 0.462. The molecule has 0 aromatic heterocycles. The highest BCUT2D eigenvalue weighted by molar-refractivity contribution is 5.98.